The van der Waals surface area contributed by atoms with E-state index < -0.39 is 0 Å². The largest absolute Gasteiger partial charge is 0.402 e. The minimum atomic E-state index is 0.410. The van der Waals surface area contributed by atoms with E-state index in [2.05, 4.69) is 58.7 Å². The molecule has 2 aromatic rings. The zero-order chi connectivity index (χ0) is 17.7. The van der Waals surface area contributed by atoms with Crippen LogP contribution in [0.3, 0.4) is 0 Å². The Balaban J connectivity index is 2.20. The van der Waals surface area contributed by atoms with E-state index in [-0.39, 0.29) is 0 Å². The highest BCUT2D eigenvalue weighted by Gasteiger charge is 2.05. The van der Waals surface area contributed by atoms with E-state index in [4.69, 9.17) is 11.5 Å². The molecule has 2 rings (SSSR count). The van der Waals surface area contributed by atoms with Crippen molar-refractivity contribution in [2.75, 3.05) is 11.1 Å². The Kier molecular flexibility index (Phi) is 6.10. The molecular formula is C16H16Br2N6. The van der Waals surface area contributed by atoms with Crippen LogP contribution in [0, 0.1) is 0 Å². The molecule has 5 N–H and O–H groups in total. The minimum Gasteiger partial charge on any atom is -0.402 e. The second-order valence-corrected chi connectivity index (χ2v) is 6.68. The number of nitrogens with one attached hydrogen (secondary N) is 1. The number of pyridine rings is 2. The number of aliphatic imine (C=N–C) groups is 1. The van der Waals surface area contributed by atoms with E-state index >= 15 is 0 Å². The molecule has 0 spiro atoms. The zero-order valence-corrected chi connectivity index (χ0v) is 16.1. The van der Waals surface area contributed by atoms with Crippen molar-refractivity contribution >= 4 is 55.3 Å². The van der Waals surface area contributed by atoms with Crippen LogP contribution in [-0.4, -0.2) is 16.2 Å². The van der Waals surface area contributed by atoms with Crippen LogP contribution in [0.15, 0.2) is 68.2 Å². The summed E-state index contributed by atoms with van der Waals surface area (Å²) in [7, 11) is 0. The molecule has 0 aliphatic carbocycles. The van der Waals surface area contributed by atoms with Crippen LogP contribution in [-0.2, 0) is 0 Å². The maximum atomic E-state index is 5.96. The Labute approximate surface area is 157 Å². The molecule has 24 heavy (non-hydrogen) atoms. The Hall–Kier alpha value is -2.19. The maximum Gasteiger partial charge on any atom is 0.137 e. The molecule has 0 atom stereocenters. The lowest BCUT2D eigenvalue weighted by molar-refractivity contribution is 1.24. The molecule has 8 heteroatoms. The summed E-state index contributed by atoms with van der Waals surface area (Å²) in [5.41, 5.74) is 14.9. The second kappa shape index (κ2) is 8.07. The van der Waals surface area contributed by atoms with Crippen LogP contribution in [0.4, 0.5) is 17.2 Å². The quantitative estimate of drug-likeness (QED) is 0.468. The summed E-state index contributed by atoms with van der Waals surface area (Å²) in [4.78, 5) is 12.5. The van der Waals surface area contributed by atoms with Crippen LogP contribution in [0.25, 0.3) is 0 Å². The molecule has 0 saturated carbocycles. The van der Waals surface area contributed by atoms with Gasteiger partial charge in [-0.3, -0.25) is 9.98 Å². The standard InChI is InChI=1S/C16H16Br2N6/c1-9(19)14(8-22-12-4-15(18)16(20)23-7-12)10(2)24-13-3-11(17)5-21-6-13/h3-8,24H,2,19H2,1H3,(H2,20,23). The molecule has 0 radical (unpaired) electrons. The smallest absolute Gasteiger partial charge is 0.137 e. The van der Waals surface area contributed by atoms with Crippen molar-refractivity contribution in [3.05, 3.63) is 63.2 Å². The first-order chi connectivity index (χ1) is 11.4. The normalized spacial score (nSPS) is 12.1. The lowest BCUT2D eigenvalue weighted by atomic mass is 10.1. The molecule has 0 bridgehead atoms. The van der Waals surface area contributed by atoms with Gasteiger partial charge in [-0.25, -0.2) is 4.98 Å². The molecule has 124 valence electrons. The molecule has 0 fully saturated rings. The first-order valence-electron chi connectivity index (χ1n) is 6.85. The van der Waals surface area contributed by atoms with Gasteiger partial charge in [0.15, 0.2) is 0 Å². The molecule has 0 saturated heterocycles. The first kappa shape index (κ1) is 18.2. The van der Waals surface area contributed by atoms with Gasteiger partial charge in [0.1, 0.15) is 5.82 Å². The van der Waals surface area contributed by atoms with Crippen LogP contribution >= 0.6 is 31.9 Å². The number of halogens is 2. The third kappa shape index (κ3) is 4.90. The summed E-state index contributed by atoms with van der Waals surface area (Å²) >= 11 is 6.70. The van der Waals surface area contributed by atoms with Crippen LogP contribution < -0.4 is 16.8 Å². The number of anilines is 2. The average molecular weight is 452 g/mol. The molecule has 2 heterocycles. The molecule has 0 aromatic carbocycles. The summed E-state index contributed by atoms with van der Waals surface area (Å²) in [6.07, 6.45) is 6.61. The maximum absolute atomic E-state index is 5.96. The highest BCUT2D eigenvalue weighted by atomic mass is 79.9. The van der Waals surface area contributed by atoms with Crippen molar-refractivity contribution < 1.29 is 0 Å². The van der Waals surface area contributed by atoms with Crippen molar-refractivity contribution in [2.45, 2.75) is 6.92 Å². The van der Waals surface area contributed by atoms with Crippen molar-refractivity contribution in [2.24, 2.45) is 10.7 Å². The van der Waals surface area contributed by atoms with Gasteiger partial charge < -0.3 is 16.8 Å². The lowest BCUT2D eigenvalue weighted by Gasteiger charge is -2.12. The average Bonchev–Trinajstić information content (AvgIpc) is 2.50. The van der Waals surface area contributed by atoms with Crippen LogP contribution in [0.1, 0.15) is 6.92 Å². The number of hydrogen-bond donors (Lipinski definition) is 3. The van der Waals surface area contributed by atoms with E-state index in [0.29, 0.717) is 32.9 Å². The monoisotopic (exact) mass is 450 g/mol. The van der Waals surface area contributed by atoms with Gasteiger partial charge in [0.25, 0.3) is 0 Å². The number of rotatable bonds is 5. The molecule has 6 nitrogen and oxygen atoms in total. The Morgan fingerprint density at radius 1 is 1.29 bits per heavy atom. The van der Waals surface area contributed by atoms with Gasteiger partial charge in [0.2, 0.25) is 0 Å². The van der Waals surface area contributed by atoms with E-state index in [1.807, 2.05) is 6.07 Å². The molecule has 0 amide bonds. The summed E-state index contributed by atoms with van der Waals surface area (Å²) in [5, 5.41) is 3.16. The van der Waals surface area contributed by atoms with Crippen LogP contribution in [0.2, 0.25) is 0 Å². The van der Waals surface area contributed by atoms with E-state index in [1.165, 1.54) is 0 Å². The zero-order valence-electron chi connectivity index (χ0n) is 12.9. The number of nitrogens with zero attached hydrogens (tertiary/aromatic N) is 3. The van der Waals surface area contributed by atoms with Gasteiger partial charge in [0, 0.05) is 33.9 Å². The number of hydrogen-bond acceptors (Lipinski definition) is 6. The van der Waals surface area contributed by atoms with Crippen LogP contribution in [0.5, 0.6) is 0 Å². The molecule has 0 unspecified atom stereocenters. The van der Waals surface area contributed by atoms with Gasteiger partial charge >= 0.3 is 0 Å². The molecular weight excluding hydrogens is 436 g/mol. The number of nitrogens with two attached hydrogens (primary N) is 2. The second-order valence-electron chi connectivity index (χ2n) is 4.91. The Morgan fingerprint density at radius 3 is 2.67 bits per heavy atom. The van der Waals surface area contributed by atoms with Gasteiger partial charge in [-0.1, -0.05) is 6.58 Å². The predicted molar refractivity (Wildman–Crippen MR) is 106 cm³/mol. The minimum absolute atomic E-state index is 0.410. The van der Waals surface area contributed by atoms with E-state index in [1.54, 1.807) is 37.8 Å². The molecule has 0 aliphatic rings. The highest BCUT2D eigenvalue weighted by molar-refractivity contribution is 9.10. The third-order valence-corrected chi connectivity index (χ3v) is 4.02. The predicted octanol–water partition coefficient (Wildman–Crippen LogP) is 4.14. The summed E-state index contributed by atoms with van der Waals surface area (Å²) in [5.74, 6) is 0.410. The fraction of sp³-hybridized carbons (Fsp3) is 0.0625. The van der Waals surface area contributed by atoms with Gasteiger partial charge in [-0.05, 0) is 50.9 Å². The van der Waals surface area contributed by atoms with Crippen molar-refractivity contribution in [1.29, 1.82) is 0 Å². The van der Waals surface area contributed by atoms with Crippen molar-refractivity contribution in [3.63, 3.8) is 0 Å². The van der Waals surface area contributed by atoms with E-state index in [9.17, 15) is 0 Å². The lowest BCUT2D eigenvalue weighted by Crippen LogP contribution is -2.08. The Bertz CT molecular complexity index is 825. The number of nitrogen functional groups attached to an aromatic ring is 1. The highest BCUT2D eigenvalue weighted by Crippen LogP contribution is 2.23. The van der Waals surface area contributed by atoms with Crippen molar-refractivity contribution in [1.82, 2.24) is 9.97 Å². The van der Waals surface area contributed by atoms with Crippen molar-refractivity contribution in [3.8, 4) is 0 Å². The summed E-state index contributed by atoms with van der Waals surface area (Å²) in [6, 6.07) is 3.66. The first-order valence-corrected chi connectivity index (χ1v) is 8.43. The number of allylic oxidation sites excluding steroid dienone is 2. The molecule has 2 aromatic heterocycles. The van der Waals surface area contributed by atoms with E-state index in [0.717, 1.165) is 10.2 Å². The molecule has 0 aliphatic heterocycles. The SMILES string of the molecule is C=C(Nc1cncc(Br)c1)C(C=Nc1cnc(N)c(Br)c1)=C(C)N. The summed E-state index contributed by atoms with van der Waals surface area (Å²) in [6.45, 7) is 5.80. The van der Waals surface area contributed by atoms with Gasteiger partial charge in [0.05, 0.1) is 28.2 Å². The summed E-state index contributed by atoms with van der Waals surface area (Å²) < 4.78 is 1.55. The third-order valence-electron chi connectivity index (χ3n) is 2.95. The topological polar surface area (TPSA) is 102 Å². The fourth-order valence-electron chi connectivity index (χ4n) is 1.79. The fourth-order valence-corrected chi connectivity index (χ4v) is 2.49. The van der Waals surface area contributed by atoms with Gasteiger partial charge in [-0.15, -0.1) is 0 Å². The Morgan fingerprint density at radius 2 is 2.04 bits per heavy atom. The van der Waals surface area contributed by atoms with Gasteiger partial charge in [-0.2, -0.15) is 0 Å². The number of aromatic nitrogens is 2.